The van der Waals surface area contributed by atoms with Crippen LogP contribution in [-0.2, 0) is 11.3 Å². The zero-order chi connectivity index (χ0) is 18.6. The van der Waals surface area contributed by atoms with Crippen LogP contribution in [0, 0.1) is 0 Å². The number of carbonyl (C=O) groups is 1. The van der Waals surface area contributed by atoms with Crippen molar-refractivity contribution in [2.24, 2.45) is 0 Å². The summed E-state index contributed by atoms with van der Waals surface area (Å²) in [6.07, 6.45) is 0. The van der Waals surface area contributed by atoms with E-state index in [4.69, 9.17) is 9.15 Å². The molecule has 1 aliphatic heterocycles. The number of hydrogen-bond acceptors (Lipinski definition) is 5. The Balaban J connectivity index is 1.48. The van der Waals surface area contributed by atoms with Gasteiger partial charge in [-0.2, -0.15) is 0 Å². The number of anilines is 1. The smallest absolute Gasteiger partial charge is 0.374 e. The van der Waals surface area contributed by atoms with Crippen molar-refractivity contribution in [3.05, 3.63) is 65.9 Å². The van der Waals surface area contributed by atoms with Gasteiger partial charge < -0.3 is 14.1 Å². The van der Waals surface area contributed by atoms with E-state index in [0.29, 0.717) is 6.61 Å². The summed E-state index contributed by atoms with van der Waals surface area (Å²) in [5, 5.41) is 0.933. The van der Waals surface area contributed by atoms with Crippen LogP contribution in [0.15, 0.2) is 59.0 Å². The first-order valence-corrected chi connectivity index (χ1v) is 9.45. The molecule has 1 saturated heterocycles. The van der Waals surface area contributed by atoms with Gasteiger partial charge >= 0.3 is 5.97 Å². The Morgan fingerprint density at radius 2 is 1.81 bits per heavy atom. The average molecular weight is 364 g/mol. The van der Waals surface area contributed by atoms with E-state index in [-0.39, 0.29) is 5.76 Å². The quantitative estimate of drug-likeness (QED) is 0.642. The van der Waals surface area contributed by atoms with Crippen molar-refractivity contribution < 1.29 is 13.9 Å². The van der Waals surface area contributed by atoms with Crippen LogP contribution in [0.4, 0.5) is 5.69 Å². The topological polar surface area (TPSA) is 45.9 Å². The third-order valence-electron chi connectivity index (χ3n) is 4.96. The molecule has 2 aromatic carbocycles. The van der Waals surface area contributed by atoms with E-state index in [1.54, 1.807) is 13.0 Å². The van der Waals surface area contributed by atoms with Crippen LogP contribution >= 0.6 is 0 Å². The normalized spacial score (nSPS) is 15.2. The van der Waals surface area contributed by atoms with Gasteiger partial charge in [-0.3, -0.25) is 4.90 Å². The molecule has 4 rings (SSSR count). The molecule has 1 aliphatic rings. The maximum absolute atomic E-state index is 12.0. The van der Waals surface area contributed by atoms with Gasteiger partial charge in [-0.05, 0) is 24.6 Å². The molecule has 27 heavy (non-hydrogen) atoms. The zero-order valence-electron chi connectivity index (χ0n) is 15.6. The van der Waals surface area contributed by atoms with Crippen molar-refractivity contribution in [2.45, 2.75) is 13.5 Å². The summed E-state index contributed by atoms with van der Waals surface area (Å²) in [6.45, 7) is 6.97. The van der Waals surface area contributed by atoms with Crippen molar-refractivity contribution >= 4 is 22.6 Å². The number of carbonyl (C=O) groups excluding carboxylic acids is 1. The number of furan rings is 1. The lowest BCUT2D eigenvalue weighted by Crippen LogP contribution is -2.46. The van der Waals surface area contributed by atoms with Gasteiger partial charge in [0.25, 0.3) is 0 Å². The van der Waals surface area contributed by atoms with Gasteiger partial charge in [0, 0.05) is 38.1 Å². The molecule has 0 aliphatic carbocycles. The molecule has 0 spiro atoms. The molecule has 0 atom stereocenters. The summed E-state index contributed by atoms with van der Waals surface area (Å²) in [7, 11) is 0. The number of fused-ring (bicyclic) bond motifs is 1. The number of nitrogens with zero attached hydrogens (tertiary/aromatic N) is 2. The van der Waals surface area contributed by atoms with Crippen molar-refractivity contribution in [3.63, 3.8) is 0 Å². The standard InChI is InChI=1S/C22H24N2O3/c1-2-26-22(25)20-15-18-9-6-10-19(21(18)27-20)24-13-11-23(12-14-24)16-17-7-4-3-5-8-17/h3-10,15H,2,11-14,16H2,1H3. The summed E-state index contributed by atoms with van der Waals surface area (Å²) in [4.78, 5) is 16.8. The van der Waals surface area contributed by atoms with E-state index in [0.717, 1.165) is 49.4 Å². The highest BCUT2D eigenvalue weighted by molar-refractivity contribution is 5.97. The second-order valence-electron chi connectivity index (χ2n) is 6.78. The van der Waals surface area contributed by atoms with Crippen LogP contribution in [0.25, 0.3) is 11.0 Å². The number of hydrogen-bond donors (Lipinski definition) is 0. The highest BCUT2D eigenvalue weighted by Crippen LogP contribution is 2.30. The fourth-order valence-corrected chi connectivity index (χ4v) is 3.59. The third-order valence-corrected chi connectivity index (χ3v) is 4.96. The molecule has 2 heterocycles. The molecule has 5 nitrogen and oxygen atoms in total. The number of para-hydroxylation sites is 1. The van der Waals surface area contributed by atoms with Gasteiger partial charge in [-0.15, -0.1) is 0 Å². The number of esters is 1. The van der Waals surface area contributed by atoms with Crippen LogP contribution in [-0.4, -0.2) is 43.7 Å². The Hall–Kier alpha value is -2.79. The molecular weight excluding hydrogens is 340 g/mol. The van der Waals surface area contributed by atoms with Gasteiger partial charge in [-0.1, -0.05) is 42.5 Å². The van der Waals surface area contributed by atoms with Crippen molar-refractivity contribution in [1.29, 1.82) is 0 Å². The summed E-state index contributed by atoms with van der Waals surface area (Å²) < 4.78 is 10.9. The Morgan fingerprint density at radius 1 is 1.04 bits per heavy atom. The maximum atomic E-state index is 12.0. The molecule has 0 amide bonds. The molecule has 0 bridgehead atoms. The van der Waals surface area contributed by atoms with E-state index in [1.165, 1.54) is 5.56 Å². The average Bonchev–Trinajstić information content (AvgIpc) is 3.14. The van der Waals surface area contributed by atoms with Gasteiger partial charge in [0.1, 0.15) is 0 Å². The molecule has 5 heteroatoms. The Labute approximate surface area is 159 Å². The van der Waals surface area contributed by atoms with E-state index in [2.05, 4.69) is 46.2 Å². The van der Waals surface area contributed by atoms with Crippen LogP contribution in [0.1, 0.15) is 23.0 Å². The van der Waals surface area contributed by atoms with Crippen molar-refractivity contribution in [3.8, 4) is 0 Å². The monoisotopic (exact) mass is 364 g/mol. The van der Waals surface area contributed by atoms with Gasteiger partial charge in [0.05, 0.1) is 12.3 Å². The van der Waals surface area contributed by atoms with Crippen LogP contribution in [0.2, 0.25) is 0 Å². The lowest BCUT2D eigenvalue weighted by molar-refractivity contribution is 0.0492. The van der Waals surface area contributed by atoms with E-state index >= 15 is 0 Å². The predicted octanol–water partition coefficient (Wildman–Crippen LogP) is 3.93. The fourth-order valence-electron chi connectivity index (χ4n) is 3.59. The largest absolute Gasteiger partial charge is 0.460 e. The second kappa shape index (κ2) is 7.84. The molecule has 3 aromatic rings. The summed E-state index contributed by atoms with van der Waals surface area (Å²) >= 11 is 0. The first-order valence-electron chi connectivity index (χ1n) is 9.45. The SMILES string of the molecule is CCOC(=O)c1cc2cccc(N3CCN(Cc4ccccc4)CC3)c2o1. The van der Waals surface area contributed by atoms with E-state index in [1.807, 2.05) is 12.1 Å². The minimum Gasteiger partial charge on any atom is -0.460 e. The van der Waals surface area contributed by atoms with Crippen molar-refractivity contribution in [2.75, 3.05) is 37.7 Å². The molecule has 1 fully saturated rings. The minimum absolute atomic E-state index is 0.266. The van der Waals surface area contributed by atoms with Gasteiger partial charge in [0.2, 0.25) is 5.76 Å². The van der Waals surface area contributed by atoms with Crippen LogP contribution < -0.4 is 4.90 Å². The van der Waals surface area contributed by atoms with E-state index in [9.17, 15) is 4.79 Å². The van der Waals surface area contributed by atoms with E-state index < -0.39 is 5.97 Å². The fraction of sp³-hybridized carbons (Fsp3) is 0.318. The molecule has 0 saturated carbocycles. The Bertz CT molecular complexity index is 912. The summed E-state index contributed by atoms with van der Waals surface area (Å²) in [5.41, 5.74) is 3.15. The van der Waals surface area contributed by atoms with Crippen LogP contribution in [0.3, 0.4) is 0 Å². The number of rotatable bonds is 5. The number of ether oxygens (including phenoxy) is 1. The zero-order valence-corrected chi connectivity index (χ0v) is 15.6. The highest BCUT2D eigenvalue weighted by Gasteiger charge is 2.22. The maximum Gasteiger partial charge on any atom is 0.374 e. The lowest BCUT2D eigenvalue weighted by Gasteiger charge is -2.36. The molecule has 0 radical (unpaired) electrons. The first kappa shape index (κ1) is 17.6. The predicted molar refractivity (Wildman–Crippen MR) is 106 cm³/mol. The molecular formula is C22H24N2O3. The minimum atomic E-state index is -0.410. The second-order valence-corrected chi connectivity index (χ2v) is 6.78. The third kappa shape index (κ3) is 3.83. The summed E-state index contributed by atoms with van der Waals surface area (Å²) in [5.74, 6) is -0.144. The Kier molecular flexibility index (Phi) is 5.12. The highest BCUT2D eigenvalue weighted by atomic mass is 16.5. The molecule has 0 N–H and O–H groups in total. The number of benzene rings is 2. The Morgan fingerprint density at radius 3 is 2.56 bits per heavy atom. The van der Waals surface area contributed by atoms with Crippen molar-refractivity contribution in [1.82, 2.24) is 4.90 Å². The van der Waals surface area contributed by atoms with Gasteiger partial charge in [-0.25, -0.2) is 4.79 Å². The van der Waals surface area contributed by atoms with Crippen LogP contribution in [0.5, 0.6) is 0 Å². The molecule has 1 aromatic heterocycles. The first-order chi connectivity index (χ1) is 13.2. The van der Waals surface area contributed by atoms with Gasteiger partial charge in [0.15, 0.2) is 5.58 Å². The summed E-state index contributed by atoms with van der Waals surface area (Å²) in [6, 6.07) is 18.4. The number of piperazine rings is 1. The molecule has 0 unspecified atom stereocenters. The molecule has 140 valence electrons. The lowest BCUT2D eigenvalue weighted by atomic mass is 10.1.